The molecule has 2 aliphatic rings. The second-order valence-electron chi connectivity index (χ2n) is 5.41. The normalized spacial score (nSPS) is 44.7. The van der Waals surface area contributed by atoms with Crippen molar-refractivity contribution in [2.75, 3.05) is 18.1 Å². The van der Waals surface area contributed by atoms with Gasteiger partial charge in [0, 0.05) is 18.1 Å². The zero-order chi connectivity index (χ0) is 11.9. The van der Waals surface area contributed by atoms with Crippen LogP contribution in [-0.4, -0.2) is 49.5 Å². The first-order chi connectivity index (χ1) is 7.41. The molecule has 2 rings (SSSR count). The highest BCUT2D eigenvalue weighted by Crippen LogP contribution is 2.28. The molecule has 5 heteroatoms. The van der Waals surface area contributed by atoms with Crippen LogP contribution in [0, 0.1) is 5.92 Å². The maximum Gasteiger partial charge on any atom is 0.153 e. The van der Waals surface area contributed by atoms with E-state index in [1.165, 1.54) is 6.42 Å². The minimum Gasteiger partial charge on any atom is -0.325 e. The smallest absolute Gasteiger partial charge is 0.153 e. The van der Waals surface area contributed by atoms with Gasteiger partial charge < -0.3 is 5.73 Å². The fraction of sp³-hybridized carbons (Fsp3) is 1.00. The molecule has 0 aliphatic carbocycles. The minimum atomic E-state index is -2.90. The van der Waals surface area contributed by atoms with E-state index in [4.69, 9.17) is 5.73 Å². The van der Waals surface area contributed by atoms with Crippen molar-refractivity contribution in [1.29, 1.82) is 0 Å². The summed E-state index contributed by atoms with van der Waals surface area (Å²) < 4.78 is 23.2. The number of nitrogens with two attached hydrogens (primary N) is 1. The number of likely N-dealkylation sites (tertiary alicyclic amines) is 1. The summed E-state index contributed by atoms with van der Waals surface area (Å²) in [7, 11) is -2.90. The molecule has 2 fully saturated rings. The molecular formula is C11H22N2O2S. The van der Waals surface area contributed by atoms with E-state index < -0.39 is 9.84 Å². The van der Waals surface area contributed by atoms with E-state index >= 15 is 0 Å². The molecule has 2 saturated heterocycles. The molecule has 16 heavy (non-hydrogen) atoms. The van der Waals surface area contributed by atoms with Gasteiger partial charge in [-0.05, 0) is 32.2 Å². The summed E-state index contributed by atoms with van der Waals surface area (Å²) in [5, 5.41) is 0. The fourth-order valence-electron chi connectivity index (χ4n) is 3.03. The first kappa shape index (κ1) is 12.3. The first-order valence-electron chi connectivity index (χ1n) is 6.12. The van der Waals surface area contributed by atoms with Crippen molar-refractivity contribution >= 4 is 9.84 Å². The average Bonchev–Trinajstić information content (AvgIpc) is 2.44. The molecule has 0 aromatic heterocycles. The van der Waals surface area contributed by atoms with Crippen LogP contribution in [-0.2, 0) is 9.84 Å². The molecule has 94 valence electrons. The third kappa shape index (κ3) is 2.26. The van der Waals surface area contributed by atoms with Crippen LogP contribution in [0.1, 0.15) is 26.7 Å². The highest BCUT2D eigenvalue weighted by molar-refractivity contribution is 7.91. The van der Waals surface area contributed by atoms with E-state index in [1.807, 2.05) is 0 Å². The Balaban J connectivity index is 2.13. The van der Waals surface area contributed by atoms with Crippen LogP contribution >= 0.6 is 0 Å². The van der Waals surface area contributed by atoms with Crippen LogP contribution in [0.25, 0.3) is 0 Å². The number of nitrogens with zero attached hydrogens (tertiary/aromatic N) is 1. The molecule has 2 N–H and O–H groups in total. The lowest BCUT2D eigenvalue weighted by atomic mass is 9.90. The number of rotatable bonds is 1. The molecule has 4 nitrogen and oxygen atoms in total. The van der Waals surface area contributed by atoms with Gasteiger partial charge in [-0.15, -0.1) is 0 Å². The van der Waals surface area contributed by atoms with Crippen LogP contribution in [0.15, 0.2) is 0 Å². The summed E-state index contributed by atoms with van der Waals surface area (Å²) in [6, 6.07) is 0.304. The topological polar surface area (TPSA) is 63.4 Å². The summed E-state index contributed by atoms with van der Waals surface area (Å²) >= 11 is 0. The van der Waals surface area contributed by atoms with Gasteiger partial charge in [0.2, 0.25) is 0 Å². The van der Waals surface area contributed by atoms with Gasteiger partial charge in [-0.3, -0.25) is 4.90 Å². The summed E-state index contributed by atoms with van der Waals surface area (Å²) in [6.07, 6.45) is 2.40. The molecule has 0 spiro atoms. The molecule has 4 unspecified atom stereocenters. The molecule has 0 saturated carbocycles. The van der Waals surface area contributed by atoms with Crippen LogP contribution in [0.4, 0.5) is 0 Å². The molecule has 2 heterocycles. The molecule has 0 amide bonds. The van der Waals surface area contributed by atoms with Gasteiger partial charge in [-0.1, -0.05) is 6.92 Å². The van der Waals surface area contributed by atoms with Gasteiger partial charge in [0.05, 0.1) is 11.5 Å². The van der Waals surface area contributed by atoms with E-state index in [0.717, 1.165) is 13.0 Å². The van der Waals surface area contributed by atoms with Crippen molar-refractivity contribution in [2.45, 2.75) is 44.8 Å². The fourth-order valence-corrected chi connectivity index (χ4v) is 4.94. The Bertz CT molecular complexity index is 355. The predicted molar refractivity (Wildman–Crippen MR) is 65.0 cm³/mol. The monoisotopic (exact) mass is 246 g/mol. The maximum absolute atomic E-state index is 11.6. The molecule has 0 aromatic rings. The Morgan fingerprint density at radius 2 is 1.94 bits per heavy atom. The lowest BCUT2D eigenvalue weighted by Crippen LogP contribution is -2.54. The highest BCUT2D eigenvalue weighted by Gasteiger charge is 2.41. The average molecular weight is 246 g/mol. The van der Waals surface area contributed by atoms with Crippen LogP contribution in [0.2, 0.25) is 0 Å². The van der Waals surface area contributed by atoms with Crippen molar-refractivity contribution in [2.24, 2.45) is 11.7 Å². The Morgan fingerprint density at radius 1 is 1.25 bits per heavy atom. The van der Waals surface area contributed by atoms with Crippen molar-refractivity contribution in [1.82, 2.24) is 4.90 Å². The van der Waals surface area contributed by atoms with E-state index in [0.29, 0.717) is 12.0 Å². The standard InChI is InChI=1S/C11H22N2O2S/c1-8-4-3-5-13(9(8)2)11-7-16(14,15)6-10(11)12/h8-11H,3-7,12H2,1-2H3. The molecule has 0 aromatic carbocycles. The second kappa shape index (κ2) is 4.27. The van der Waals surface area contributed by atoms with Gasteiger partial charge in [0.25, 0.3) is 0 Å². The third-order valence-electron chi connectivity index (χ3n) is 4.21. The summed E-state index contributed by atoms with van der Waals surface area (Å²) in [6.45, 7) is 5.44. The van der Waals surface area contributed by atoms with E-state index in [2.05, 4.69) is 18.7 Å². The van der Waals surface area contributed by atoms with Gasteiger partial charge in [-0.2, -0.15) is 0 Å². The number of sulfone groups is 1. The van der Waals surface area contributed by atoms with E-state index in [1.54, 1.807) is 0 Å². The van der Waals surface area contributed by atoms with Crippen molar-refractivity contribution in [3.63, 3.8) is 0 Å². The predicted octanol–water partition coefficient (Wildman–Crippen LogP) is 0.231. The minimum absolute atomic E-state index is 0.0442. The van der Waals surface area contributed by atoms with Gasteiger partial charge in [-0.25, -0.2) is 8.42 Å². The molecule has 0 radical (unpaired) electrons. The Kier molecular flexibility index (Phi) is 3.29. The summed E-state index contributed by atoms with van der Waals surface area (Å²) in [4.78, 5) is 2.32. The number of hydrogen-bond donors (Lipinski definition) is 1. The van der Waals surface area contributed by atoms with Crippen LogP contribution in [0.5, 0.6) is 0 Å². The molecular weight excluding hydrogens is 224 g/mol. The summed E-state index contributed by atoms with van der Waals surface area (Å²) in [5.74, 6) is 1.06. The van der Waals surface area contributed by atoms with Crippen LogP contribution in [0.3, 0.4) is 0 Å². The zero-order valence-corrected chi connectivity index (χ0v) is 10.9. The number of piperidine rings is 1. The molecule has 2 aliphatic heterocycles. The summed E-state index contributed by atoms with van der Waals surface area (Å²) in [5.41, 5.74) is 5.97. The maximum atomic E-state index is 11.6. The van der Waals surface area contributed by atoms with Gasteiger partial charge in [0.15, 0.2) is 9.84 Å². The quantitative estimate of drug-likeness (QED) is 0.719. The van der Waals surface area contributed by atoms with Crippen molar-refractivity contribution < 1.29 is 8.42 Å². The Labute approximate surface area is 98.1 Å². The first-order valence-corrected chi connectivity index (χ1v) is 7.94. The molecule has 4 atom stereocenters. The van der Waals surface area contributed by atoms with Crippen LogP contribution < -0.4 is 5.73 Å². The number of hydrogen-bond acceptors (Lipinski definition) is 4. The van der Waals surface area contributed by atoms with Crippen molar-refractivity contribution in [3.8, 4) is 0 Å². The third-order valence-corrected chi connectivity index (χ3v) is 5.96. The largest absolute Gasteiger partial charge is 0.325 e. The lowest BCUT2D eigenvalue weighted by Gasteiger charge is -2.42. The Morgan fingerprint density at radius 3 is 2.50 bits per heavy atom. The second-order valence-corrected chi connectivity index (χ2v) is 7.56. The van der Waals surface area contributed by atoms with Gasteiger partial charge >= 0.3 is 0 Å². The van der Waals surface area contributed by atoms with Gasteiger partial charge in [0.1, 0.15) is 0 Å². The van der Waals surface area contributed by atoms with Crippen molar-refractivity contribution in [3.05, 3.63) is 0 Å². The highest BCUT2D eigenvalue weighted by atomic mass is 32.2. The zero-order valence-electron chi connectivity index (χ0n) is 10.1. The lowest BCUT2D eigenvalue weighted by molar-refractivity contribution is 0.0718. The van der Waals surface area contributed by atoms with E-state index in [-0.39, 0.29) is 23.6 Å². The van der Waals surface area contributed by atoms with E-state index in [9.17, 15) is 8.42 Å². The molecule has 0 bridgehead atoms. The Hall–Kier alpha value is -0.130. The SMILES string of the molecule is CC1CCCN(C2CS(=O)(=O)CC2N)C1C.